The van der Waals surface area contributed by atoms with Crippen LogP contribution in [0.15, 0.2) is 11.6 Å². The Balaban J connectivity index is 2.03. The molecule has 17 heavy (non-hydrogen) atoms. The van der Waals surface area contributed by atoms with Crippen molar-refractivity contribution in [1.82, 2.24) is 0 Å². The number of unbranched alkanes of at least 4 members (excludes halogenated alkanes) is 3. The predicted octanol–water partition coefficient (Wildman–Crippen LogP) is 3.04. The molecule has 1 atom stereocenters. The lowest BCUT2D eigenvalue weighted by atomic mass is 10.0. The van der Waals surface area contributed by atoms with Crippen LogP contribution >= 0.6 is 0 Å². The Hall–Kier alpha value is -1.12. The molecule has 1 aliphatic carbocycles. The molecule has 1 rings (SSSR count). The van der Waals surface area contributed by atoms with Crippen LogP contribution < -0.4 is 0 Å². The van der Waals surface area contributed by atoms with Crippen molar-refractivity contribution < 1.29 is 14.3 Å². The van der Waals surface area contributed by atoms with Gasteiger partial charge in [-0.3, -0.25) is 9.59 Å². The second-order valence-electron chi connectivity index (χ2n) is 4.79. The molecule has 3 heteroatoms. The second-order valence-corrected chi connectivity index (χ2v) is 4.79. The molecule has 0 aliphatic heterocycles. The summed E-state index contributed by atoms with van der Waals surface area (Å²) < 4.78 is 4.57. The molecule has 0 radical (unpaired) electrons. The number of hydrogen-bond donors (Lipinski definition) is 0. The van der Waals surface area contributed by atoms with E-state index in [9.17, 15) is 9.59 Å². The molecule has 0 spiro atoms. The average molecular weight is 238 g/mol. The normalized spacial score (nSPS) is 19.3. The minimum atomic E-state index is -0.132. The number of ketones is 1. The molecule has 1 aliphatic rings. The maximum absolute atomic E-state index is 11.5. The zero-order valence-electron chi connectivity index (χ0n) is 10.8. The number of esters is 1. The van der Waals surface area contributed by atoms with Gasteiger partial charge in [0.25, 0.3) is 0 Å². The van der Waals surface area contributed by atoms with Crippen LogP contribution in [0.4, 0.5) is 0 Å². The maximum atomic E-state index is 11.5. The summed E-state index contributed by atoms with van der Waals surface area (Å²) in [7, 11) is 1.42. The van der Waals surface area contributed by atoms with E-state index >= 15 is 0 Å². The first-order valence-electron chi connectivity index (χ1n) is 6.44. The number of allylic oxidation sites excluding steroid dienone is 2. The quantitative estimate of drug-likeness (QED) is 0.506. The minimum absolute atomic E-state index is 0.132. The van der Waals surface area contributed by atoms with Gasteiger partial charge in [0.05, 0.1) is 7.11 Å². The van der Waals surface area contributed by atoms with Gasteiger partial charge in [0.15, 0.2) is 5.78 Å². The Morgan fingerprint density at radius 2 is 2.06 bits per heavy atom. The number of carbonyl (C=O) groups excluding carboxylic acids is 2. The summed E-state index contributed by atoms with van der Waals surface area (Å²) in [6, 6.07) is 0. The van der Waals surface area contributed by atoms with Crippen molar-refractivity contribution in [1.29, 1.82) is 0 Å². The molecular weight excluding hydrogens is 216 g/mol. The lowest BCUT2D eigenvalue weighted by Gasteiger charge is -2.01. The average Bonchev–Trinajstić information content (AvgIpc) is 2.62. The van der Waals surface area contributed by atoms with Gasteiger partial charge in [0.1, 0.15) is 0 Å². The van der Waals surface area contributed by atoms with Crippen LogP contribution in [-0.2, 0) is 14.3 Å². The Kier molecular flexibility index (Phi) is 5.95. The van der Waals surface area contributed by atoms with Crippen molar-refractivity contribution in [2.24, 2.45) is 5.92 Å². The van der Waals surface area contributed by atoms with Gasteiger partial charge < -0.3 is 4.74 Å². The summed E-state index contributed by atoms with van der Waals surface area (Å²) in [4.78, 5) is 22.4. The number of ether oxygens (including phenoxy) is 1. The predicted molar refractivity (Wildman–Crippen MR) is 66.6 cm³/mol. The van der Waals surface area contributed by atoms with Gasteiger partial charge >= 0.3 is 5.97 Å². The van der Waals surface area contributed by atoms with Crippen LogP contribution in [0.3, 0.4) is 0 Å². The highest BCUT2D eigenvalue weighted by Gasteiger charge is 2.19. The first-order chi connectivity index (χ1) is 8.13. The summed E-state index contributed by atoms with van der Waals surface area (Å²) in [5.74, 6) is 0.622. The molecule has 3 nitrogen and oxygen atoms in total. The van der Waals surface area contributed by atoms with E-state index in [1.807, 2.05) is 0 Å². The number of rotatable bonds is 7. The van der Waals surface area contributed by atoms with E-state index in [2.05, 4.69) is 17.7 Å². The van der Waals surface area contributed by atoms with Gasteiger partial charge in [0.2, 0.25) is 0 Å². The van der Waals surface area contributed by atoms with Gasteiger partial charge in [-0.2, -0.15) is 0 Å². The van der Waals surface area contributed by atoms with Crippen molar-refractivity contribution in [3.63, 3.8) is 0 Å². The fourth-order valence-corrected chi connectivity index (χ4v) is 2.18. The van der Waals surface area contributed by atoms with E-state index < -0.39 is 0 Å². The maximum Gasteiger partial charge on any atom is 0.305 e. The summed E-state index contributed by atoms with van der Waals surface area (Å²) in [5.41, 5.74) is 1.02. The highest BCUT2D eigenvalue weighted by atomic mass is 16.5. The zero-order valence-corrected chi connectivity index (χ0v) is 10.8. The Morgan fingerprint density at radius 3 is 2.65 bits per heavy atom. The summed E-state index contributed by atoms with van der Waals surface area (Å²) in [6.07, 6.45) is 8.26. The Bertz CT molecular complexity index is 305. The molecule has 0 heterocycles. The third-order valence-corrected chi connectivity index (χ3v) is 3.16. The molecule has 1 unspecified atom stereocenters. The molecule has 0 saturated carbocycles. The fourth-order valence-electron chi connectivity index (χ4n) is 2.18. The number of Topliss-reactive ketones (excluding diaryl/α,β-unsaturated/α-hetero) is 1. The van der Waals surface area contributed by atoms with Gasteiger partial charge in [-0.05, 0) is 30.8 Å². The van der Waals surface area contributed by atoms with Gasteiger partial charge in [-0.25, -0.2) is 0 Å². The standard InChI is InChI=1S/C14H22O3/c1-11-9-12(13(15)10-11)7-5-3-4-6-8-14(16)17-2/h9,11H,3-8,10H2,1-2H3. The molecular formula is C14H22O3. The number of carbonyl (C=O) groups is 2. The van der Waals surface area contributed by atoms with E-state index in [4.69, 9.17) is 0 Å². The van der Waals surface area contributed by atoms with E-state index in [-0.39, 0.29) is 5.97 Å². The van der Waals surface area contributed by atoms with E-state index in [1.54, 1.807) is 0 Å². The van der Waals surface area contributed by atoms with Crippen LogP contribution in [-0.4, -0.2) is 18.9 Å². The Labute approximate surface area is 103 Å². The molecule has 0 aromatic heterocycles. The van der Waals surface area contributed by atoms with Crippen LogP contribution in [0, 0.1) is 5.92 Å². The fraction of sp³-hybridized carbons (Fsp3) is 0.714. The first-order valence-corrected chi connectivity index (χ1v) is 6.44. The molecule has 0 N–H and O–H groups in total. The van der Waals surface area contributed by atoms with Crippen molar-refractivity contribution in [3.05, 3.63) is 11.6 Å². The third-order valence-electron chi connectivity index (χ3n) is 3.16. The van der Waals surface area contributed by atoms with Crippen molar-refractivity contribution in [2.45, 2.75) is 51.9 Å². The largest absolute Gasteiger partial charge is 0.469 e. The van der Waals surface area contributed by atoms with E-state index in [0.29, 0.717) is 24.5 Å². The SMILES string of the molecule is COC(=O)CCCCCCC1=CC(C)CC1=O. The topological polar surface area (TPSA) is 43.4 Å². The van der Waals surface area contributed by atoms with Crippen LogP contribution in [0.2, 0.25) is 0 Å². The summed E-state index contributed by atoms with van der Waals surface area (Å²) >= 11 is 0. The molecule has 0 fully saturated rings. The molecule has 0 saturated heterocycles. The number of hydrogen-bond acceptors (Lipinski definition) is 3. The molecule has 0 aromatic carbocycles. The minimum Gasteiger partial charge on any atom is -0.469 e. The van der Waals surface area contributed by atoms with Crippen LogP contribution in [0.5, 0.6) is 0 Å². The highest BCUT2D eigenvalue weighted by molar-refractivity contribution is 5.97. The number of methoxy groups -OCH3 is 1. The Morgan fingerprint density at radius 1 is 1.35 bits per heavy atom. The van der Waals surface area contributed by atoms with Crippen LogP contribution in [0.1, 0.15) is 51.9 Å². The van der Waals surface area contributed by atoms with Crippen molar-refractivity contribution in [3.8, 4) is 0 Å². The molecule has 96 valence electrons. The summed E-state index contributed by atoms with van der Waals surface area (Å²) in [5, 5.41) is 0. The van der Waals surface area contributed by atoms with Crippen molar-refractivity contribution >= 4 is 11.8 Å². The smallest absolute Gasteiger partial charge is 0.305 e. The third kappa shape index (κ3) is 5.16. The monoisotopic (exact) mass is 238 g/mol. The molecule has 0 aromatic rings. The molecule has 0 bridgehead atoms. The van der Waals surface area contributed by atoms with E-state index in [1.165, 1.54) is 7.11 Å². The second kappa shape index (κ2) is 7.25. The van der Waals surface area contributed by atoms with E-state index in [0.717, 1.165) is 37.7 Å². The van der Waals surface area contributed by atoms with Gasteiger partial charge in [-0.1, -0.05) is 25.8 Å². The first kappa shape index (κ1) is 13.9. The van der Waals surface area contributed by atoms with Crippen molar-refractivity contribution in [2.75, 3.05) is 7.11 Å². The molecule has 0 amide bonds. The van der Waals surface area contributed by atoms with Gasteiger partial charge in [-0.15, -0.1) is 0 Å². The summed E-state index contributed by atoms with van der Waals surface area (Å²) in [6.45, 7) is 2.08. The highest BCUT2D eigenvalue weighted by Crippen LogP contribution is 2.24. The zero-order chi connectivity index (χ0) is 12.7. The lowest BCUT2D eigenvalue weighted by molar-refractivity contribution is -0.140. The van der Waals surface area contributed by atoms with Gasteiger partial charge in [0, 0.05) is 12.8 Å². The lowest BCUT2D eigenvalue weighted by Crippen LogP contribution is -1.99. The van der Waals surface area contributed by atoms with Crippen LogP contribution in [0.25, 0.3) is 0 Å².